The van der Waals surface area contributed by atoms with Crippen molar-refractivity contribution in [3.05, 3.63) is 71.0 Å². The molecule has 1 aromatic heterocycles. The van der Waals surface area contributed by atoms with Crippen LogP contribution in [0.3, 0.4) is 0 Å². The summed E-state index contributed by atoms with van der Waals surface area (Å²) in [6.45, 7) is 9.33. The van der Waals surface area contributed by atoms with Crippen molar-refractivity contribution >= 4 is 16.0 Å². The number of para-hydroxylation sites is 1. The van der Waals surface area contributed by atoms with Crippen LogP contribution in [-0.4, -0.2) is 52.9 Å². The lowest BCUT2D eigenvalue weighted by Crippen LogP contribution is -2.36. The third-order valence-electron chi connectivity index (χ3n) is 7.19. The van der Waals surface area contributed by atoms with Gasteiger partial charge >= 0.3 is 5.97 Å². The van der Waals surface area contributed by atoms with Crippen LogP contribution >= 0.6 is 0 Å². The zero-order valence-electron chi connectivity index (χ0n) is 23.2. The number of aromatic nitrogens is 3. The molecule has 0 spiro atoms. The van der Waals surface area contributed by atoms with Gasteiger partial charge in [0.25, 0.3) is 0 Å². The maximum Gasteiger partial charge on any atom is 0.306 e. The van der Waals surface area contributed by atoms with Crippen molar-refractivity contribution in [3.8, 4) is 5.75 Å². The normalized spacial score (nSPS) is 17.6. The molecule has 1 aliphatic rings. The first-order valence-electron chi connectivity index (χ1n) is 13.6. The van der Waals surface area contributed by atoms with Crippen LogP contribution < -0.4 is 4.74 Å². The molecular weight excluding hydrogens is 516 g/mol. The molecule has 1 unspecified atom stereocenters. The van der Waals surface area contributed by atoms with E-state index in [0.717, 1.165) is 28.9 Å². The first kappa shape index (κ1) is 28.8. The second-order valence-corrected chi connectivity index (χ2v) is 11.8. The van der Waals surface area contributed by atoms with Crippen molar-refractivity contribution in [2.24, 2.45) is 0 Å². The van der Waals surface area contributed by atoms with E-state index in [-0.39, 0.29) is 42.4 Å². The fourth-order valence-corrected chi connectivity index (χ4v) is 6.42. The van der Waals surface area contributed by atoms with Gasteiger partial charge in [0.15, 0.2) is 0 Å². The van der Waals surface area contributed by atoms with E-state index in [4.69, 9.17) is 9.47 Å². The summed E-state index contributed by atoms with van der Waals surface area (Å²) in [5.41, 5.74) is 3.73. The molecule has 4 rings (SSSR count). The highest BCUT2D eigenvalue weighted by Crippen LogP contribution is 2.34. The highest BCUT2D eigenvalue weighted by molar-refractivity contribution is 7.89. The molecule has 2 aromatic carbocycles. The standard InChI is InChI=1S/C29H38N4O5S/c1-5-26-20-33(39(35,36)28-11-9-8-10-27(28)38-26)18-24-16-22(13-12-21(24)4)23(17-29(34)37-7-3)14-15-25-19-32(6-2)31-30-25/h8-13,16,19,23,26H,5-7,14-15,17-18,20H2,1-4H3/t23?,26-/m1/s1. The van der Waals surface area contributed by atoms with E-state index in [1.807, 2.05) is 45.2 Å². The molecule has 1 aliphatic heterocycles. The molecule has 210 valence electrons. The van der Waals surface area contributed by atoms with E-state index in [2.05, 4.69) is 10.3 Å². The van der Waals surface area contributed by atoms with Gasteiger partial charge in [-0.15, -0.1) is 5.10 Å². The van der Waals surface area contributed by atoms with Gasteiger partial charge < -0.3 is 9.47 Å². The lowest BCUT2D eigenvalue weighted by atomic mass is 9.88. The fourth-order valence-electron chi connectivity index (χ4n) is 4.85. The van der Waals surface area contributed by atoms with E-state index in [1.54, 1.807) is 35.9 Å². The van der Waals surface area contributed by atoms with Crippen LogP contribution in [-0.2, 0) is 39.1 Å². The average Bonchev–Trinajstić information content (AvgIpc) is 3.35. The quantitative estimate of drug-likeness (QED) is 0.318. The van der Waals surface area contributed by atoms with Crippen LogP contribution in [0.4, 0.5) is 0 Å². The molecule has 2 atom stereocenters. The number of sulfonamides is 1. The Bertz CT molecular complexity index is 1390. The van der Waals surface area contributed by atoms with Gasteiger partial charge in [-0.3, -0.25) is 9.48 Å². The van der Waals surface area contributed by atoms with E-state index in [0.29, 0.717) is 31.6 Å². The summed E-state index contributed by atoms with van der Waals surface area (Å²) < 4.78 is 42.0. The van der Waals surface area contributed by atoms with Crippen LogP contribution in [0.15, 0.2) is 53.6 Å². The van der Waals surface area contributed by atoms with Crippen LogP contribution in [0.5, 0.6) is 5.75 Å². The number of rotatable bonds is 11. The first-order valence-corrected chi connectivity index (χ1v) is 15.1. The molecule has 9 nitrogen and oxygen atoms in total. The average molecular weight is 555 g/mol. The van der Waals surface area contributed by atoms with Crippen LogP contribution in [0.2, 0.25) is 0 Å². The molecule has 10 heteroatoms. The van der Waals surface area contributed by atoms with Crippen LogP contribution in [0.1, 0.15) is 68.3 Å². The number of ether oxygens (including phenoxy) is 2. The Balaban J connectivity index is 1.62. The number of nitrogens with zero attached hydrogens (tertiary/aromatic N) is 4. The van der Waals surface area contributed by atoms with Crippen molar-refractivity contribution in [3.63, 3.8) is 0 Å². The molecule has 3 aromatic rings. The second-order valence-electron chi connectivity index (χ2n) is 9.89. The number of esters is 1. The zero-order chi connectivity index (χ0) is 28.0. The van der Waals surface area contributed by atoms with Gasteiger partial charge in [0.05, 0.1) is 25.3 Å². The number of carbonyl (C=O) groups is 1. The monoisotopic (exact) mass is 554 g/mol. The Morgan fingerprint density at radius 2 is 1.97 bits per heavy atom. The smallest absolute Gasteiger partial charge is 0.306 e. The lowest BCUT2D eigenvalue weighted by molar-refractivity contribution is -0.143. The highest BCUT2D eigenvalue weighted by Gasteiger charge is 2.34. The minimum absolute atomic E-state index is 0.108. The molecule has 0 fully saturated rings. The molecule has 0 aliphatic carbocycles. The minimum atomic E-state index is -3.77. The first-order chi connectivity index (χ1) is 18.7. The molecule has 0 N–H and O–H groups in total. The third-order valence-corrected chi connectivity index (χ3v) is 9.04. The molecule has 0 saturated heterocycles. The Morgan fingerprint density at radius 3 is 2.69 bits per heavy atom. The van der Waals surface area contributed by atoms with Gasteiger partial charge in [-0.1, -0.05) is 42.5 Å². The molecule has 0 amide bonds. The summed E-state index contributed by atoms with van der Waals surface area (Å²) in [5, 5.41) is 8.37. The minimum Gasteiger partial charge on any atom is -0.488 e. The number of aryl methyl sites for hydroxylation is 3. The fraction of sp³-hybridized carbons (Fsp3) is 0.483. The SMILES string of the molecule is CCOC(=O)CC(CCc1cn(CC)nn1)c1ccc(C)c(CN2C[C@@H](CC)Oc3ccccc3S2(=O)=O)c1. The van der Waals surface area contributed by atoms with Gasteiger partial charge in [0, 0.05) is 19.3 Å². The van der Waals surface area contributed by atoms with Gasteiger partial charge in [0.2, 0.25) is 10.0 Å². The van der Waals surface area contributed by atoms with Gasteiger partial charge in [-0.05, 0) is 74.8 Å². The molecular formula is C29H38N4O5S. The predicted molar refractivity (Wildman–Crippen MR) is 148 cm³/mol. The summed E-state index contributed by atoms with van der Waals surface area (Å²) in [4.78, 5) is 12.7. The van der Waals surface area contributed by atoms with Crippen molar-refractivity contribution in [1.29, 1.82) is 0 Å². The summed E-state index contributed by atoms with van der Waals surface area (Å²) in [7, 11) is -3.77. The Hall–Kier alpha value is -3.24. The summed E-state index contributed by atoms with van der Waals surface area (Å²) in [5.74, 6) is 0.0340. The summed E-state index contributed by atoms with van der Waals surface area (Å²) >= 11 is 0. The molecule has 0 bridgehead atoms. The van der Waals surface area contributed by atoms with Gasteiger partial charge in [-0.2, -0.15) is 4.31 Å². The molecule has 0 saturated carbocycles. The van der Waals surface area contributed by atoms with E-state index in [9.17, 15) is 13.2 Å². The van der Waals surface area contributed by atoms with E-state index in [1.165, 1.54) is 4.31 Å². The Labute approximate surface area is 231 Å². The largest absolute Gasteiger partial charge is 0.488 e. The third kappa shape index (κ3) is 6.86. The maximum absolute atomic E-state index is 13.7. The maximum atomic E-state index is 13.7. The van der Waals surface area contributed by atoms with E-state index >= 15 is 0 Å². The number of fused-ring (bicyclic) bond motifs is 1. The summed E-state index contributed by atoms with van der Waals surface area (Å²) in [6.07, 6.45) is 3.95. The van der Waals surface area contributed by atoms with Crippen molar-refractivity contribution in [2.45, 2.75) is 83.4 Å². The number of hydrogen-bond donors (Lipinski definition) is 0. The Morgan fingerprint density at radius 1 is 1.18 bits per heavy atom. The predicted octanol–water partition coefficient (Wildman–Crippen LogP) is 4.64. The molecule has 2 heterocycles. The van der Waals surface area contributed by atoms with Gasteiger partial charge in [-0.25, -0.2) is 8.42 Å². The van der Waals surface area contributed by atoms with Crippen molar-refractivity contribution < 1.29 is 22.7 Å². The van der Waals surface area contributed by atoms with Crippen LogP contribution in [0, 0.1) is 6.92 Å². The highest BCUT2D eigenvalue weighted by atomic mass is 32.2. The Kier molecular flexibility index (Phi) is 9.40. The van der Waals surface area contributed by atoms with Crippen LogP contribution in [0.25, 0.3) is 0 Å². The molecule has 39 heavy (non-hydrogen) atoms. The van der Waals surface area contributed by atoms with Gasteiger partial charge in [0.1, 0.15) is 16.7 Å². The zero-order valence-corrected chi connectivity index (χ0v) is 24.0. The van der Waals surface area contributed by atoms with Crippen molar-refractivity contribution in [2.75, 3.05) is 13.2 Å². The number of hydrogen-bond acceptors (Lipinski definition) is 7. The molecule has 0 radical (unpaired) electrons. The second kappa shape index (κ2) is 12.7. The van der Waals surface area contributed by atoms with Crippen molar-refractivity contribution in [1.82, 2.24) is 19.3 Å². The summed E-state index contributed by atoms with van der Waals surface area (Å²) in [6, 6.07) is 12.9. The number of benzene rings is 2. The lowest BCUT2D eigenvalue weighted by Gasteiger charge is -2.24. The van der Waals surface area contributed by atoms with E-state index < -0.39 is 10.0 Å². The number of carbonyl (C=O) groups excluding carboxylic acids is 1. The topological polar surface area (TPSA) is 104 Å².